The van der Waals surface area contributed by atoms with Gasteiger partial charge in [0.25, 0.3) is 0 Å². The molecule has 0 aliphatic rings. The summed E-state index contributed by atoms with van der Waals surface area (Å²) in [6, 6.07) is 0. The summed E-state index contributed by atoms with van der Waals surface area (Å²) in [5, 5.41) is 0. The molecule has 0 heterocycles. The molecule has 0 bridgehead atoms. The normalized spacial score (nSPS) is 15.0. The van der Waals surface area contributed by atoms with Crippen molar-refractivity contribution in [1.29, 1.82) is 0 Å². The summed E-state index contributed by atoms with van der Waals surface area (Å²) >= 11 is 0. The van der Waals surface area contributed by atoms with Crippen LogP contribution in [0.1, 0.15) is 0 Å². The first-order valence-corrected chi connectivity index (χ1v) is 7.46. The molecule has 0 rings (SSSR count). The van der Waals surface area contributed by atoms with Crippen LogP contribution in [0.15, 0.2) is 0 Å². The Labute approximate surface area is 129 Å². The molecule has 0 saturated heterocycles. The predicted molar refractivity (Wildman–Crippen MR) is 47.6 cm³/mol. The van der Waals surface area contributed by atoms with E-state index in [2.05, 4.69) is 0 Å². The van der Waals surface area contributed by atoms with E-state index < -0.39 is 44.6 Å². The Morgan fingerprint density at radius 3 is 0.950 bits per heavy atom. The van der Waals surface area contributed by atoms with Gasteiger partial charge in [-0.1, -0.05) is 3.89 Å². The van der Waals surface area contributed by atoms with Gasteiger partial charge in [-0.25, -0.2) is 16.8 Å². The standard InChI is InChI=1S/C2F7NO6S3.Na/c3-1(4,5)17(11,12)10(19(9,15)16)18(13,14)2(6,7)8;. The van der Waals surface area contributed by atoms with Crippen LogP contribution < -0.4 is 0 Å². The van der Waals surface area contributed by atoms with Crippen LogP contribution >= 0.6 is 0 Å². The first-order chi connectivity index (χ1) is 7.87. The Morgan fingerprint density at radius 2 is 0.850 bits per heavy atom. The monoisotopic (exact) mass is 386 g/mol. The van der Waals surface area contributed by atoms with E-state index in [-0.39, 0.29) is 29.6 Å². The van der Waals surface area contributed by atoms with Crippen LogP contribution in [0.25, 0.3) is 0 Å². The second kappa shape index (κ2) is 5.84. The summed E-state index contributed by atoms with van der Waals surface area (Å²) in [6.07, 6.45) is 0. The summed E-state index contributed by atoms with van der Waals surface area (Å²) in [7, 11) is -22.8. The molecule has 0 aliphatic heterocycles. The van der Waals surface area contributed by atoms with Crippen LogP contribution in [0.5, 0.6) is 0 Å². The second-order valence-electron chi connectivity index (χ2n) is 2.48. The molecule has 0 spiro atoms. The van der Waals surface area contributed by atoms with Gasteiger partial charge in [0.05, 0.1) is 3.12 Å². The molecule has 7 nitrogen and oxygen atoms in total. The van der Waals surface area contributed by atoms with E-state index in [0.29, 0.717) is 0 Å². The van der Waals surface area contributed by atoms with E-state index in [1.54, 1.807) is 0 Å². The molecular weight excluding hydrogens is 386 g/mol. The molecule has 0 aromatic carbocycles. The molecular formula is C2F7NNaO6S3. The minimum atomic E-state index is -7.67. The molecule has 0 aliphatic carbocycles. The number of nitrogens with zero attached hydrogens (tertiary/aromatic N) is 1. The minimum Gasteiger partial charge on any atom is -0.200 e. The Kier molecular flexibility index (Phi) is 6.60. The first-order valence-electron chi connectivity index (χ1n) is 3.24. The Balaban J connectivity index is 0. The zero-order valence-corrected chi connectivity index (χ0v) is 13.2. The number of alkyl halides is 6. The zero-order chi connectivity index (χ0) is 16.1. The van der Waals surface area contributed by atoms with Crippen LogP contribution in [0, 0.1) is 0 Å². The third-order valence-electron chi connectivity index (χ3n) is 1.16. The van der Waals surface area contributed by atoms with Gasteiger partial charge >= 0.3 is 41.5 Å². The average molecular weight is 386 g/mol. The van der Waals surface area contributed by atoms with Crippen molar-refractivity contribution in [2.45, 2.75) is 11.0 Å². The molecule has 20 heavy (non-hydrogen) atoms. The minimum absolute atomic E-state index is 0. The molecule has 0 saturated carbocycles. The van der Waals surface area contributed by atoms with Crippen LogP contribution in [0.3, 0.4) is 0 Å². The van der Waals surface area contributed by atoms with E-state index in [0.717, 1.165) is 0 Å². The van der Waals surface area contributed by atoms with E-state index in [4.69, 9.17) is 0 Å². The molecule has 1 radical (unpaired) electrons. The topological polar surface area (TPSA) is 106 Å². The van der Waals surface area contributed by atoms with Crippen molar-refractivity contribution in [2.24, 2.45) is 0 Å². The molecule has 0 unspecified atom stereocenters. The quantitative estimate of drug-likeness (QED) is 0.379. The number of halogens is 7. The summed E-state index contributed by atoms with van der Waals surface area (Å²) in [5.41, 5.74) is -13.6. The molecule has 0 atom stereocenters. The van der Waals surface area contributed by atoms with E-state index in [9.17, 15) is 55.5 Å². The molecule has 0 fully saturated rings. The van der Waals surface area contributed by atoms with Crippen molar-refractivity contribution < 1.29 is 55.5 Å². The van der Waals surface area contributed by atoms with Crippen LogP contribution in [-0.2, 0) is 30.5 Å². The Morgan fingerprint density at radius 1 is 0.650 bits per heavy atom. The number of hydrogen-bond acceptors (Lipinski definition) is 6. The van der Waals surface area contributed by atoms with Gasteiger partial charge < -0.3 is 0 Å². The summed E-state index contributed by atoms with van der Waals surface area (Å²) < 4.78 is 142. The van der Waals surface area contributed by atoms with Crippen LogP contribution in [0.2, 0.25) is 0 Å². The number of sulfonamides is 2. The third kappa shape index (κ3) is 4.17. The molecule has 18 heteroatoms. The molecule has 0 amide bonds. The Bertz CT molecular complexity index is 612. The fourth-order valence-corrected chi connectivity index (χ4v) is 4.79. The van der Waals surface area contributed by atoms with Crippen molar-refractivity contribution >= 4 is 60.0 Å². The molecule has 0 aromatic heterocycles. The maximum absolute atomic E-state index is 12.2. The van der Waals surface area contributed by atoms with Crippen molar-refractivity contribution in [3.05, 3.63) is 0 Å². The SMILES string of the molecule is O=S(=O)(F)N(S(=O)(=O)C(F)(F)F)S(=O)(=O)C(F)(F)F.[Na]. The smallest absolute Gasteiger partial charge is 0.200 e. The maximum Gasteiger partial charge on any atom is 0.513 e. The summed E-state index contributed by atoms with van der Waals surface area (Å²) in [5.74, 6) is 0. The summed E-state index contributed by atoms with van der Waals surface area (Å²) in [6.45, 7) is 0. The van der Waals surface area contributed by atoms with E-state index in [1.807, 2.05) is 0 Å². The van der Waals surface area contributed by atoms with Gasteiger partial charge in [-0.15, -0.1) is 0 Å². The largest absolute Gasteiger partial charge is 0.513 e. The summed E-state index contributed by atoms with van der Waals surface area (Å²) in [4.78, 5) is 0. The maximum atomic E-state index is 12.2. The van der Waals surface area contributed by atoms with Gasteiger partial charge in [-0.05, 0) is 0 Å². The Hall–Kier alpha value is 0.320. The van der Waals surface area contributed by atoms with Gasteiger partial charge in [0.15, 0.2) is 0 Å². The molecule has 117 valence electrons. The van der Waals surface area contributed by atoms with Crippen LogP contribution in [0.4, 0.5) is 30.2 Å². The average Bonchev–Trinajstić information content (AvgIpc) is 1.93. The molecule has 0 aromatic rings. The van der Waals surface area contributed by atoms with Crippen LogP contribution in [-0.4, -0.2) is 68.9 Å². The van der Waals surface area contributed by atoms with Crippen molar-refractivity contribution in [3.63, 3.8) is 0 Å². The number of hydrogen-bond donors (Lipinski definition) is 0. The van der Waals surface area contributed by atoms with E-state index in [1.165, 1.54) is 0 Å². The fraction of sp³-hybridized carbons (Fsp3) is 1.00. The van der Waals surface area contributed by atoms with Gasteiger partial charge in [0, 0.05) is 29.6 Å². The van der Waals surface area contributed by atoms with Crippen molar-refractivity contribution in [3.8, 4) is 0 Å². The van der Waals surface area contributed by atoms with Gasteiger partial charge in [0.1, 0.15) is 0 Å². The second-order valence-corrected chi connectivity index (χ2v) is 7.92. The van der Waals surface area contributed by atoms with Crippen molar-refractivity contribution in [2.75, 3.05) is 0 Å². The fourth-order valence-electron chi connectivity index (χ4n) is 0.533. The van der Waals surface area contributed by atoms with Gasteiger partial charge in [-0.2, -0.15) is 34.8 Å². The predicted octanol–water partition coefficient (Wildman–Crippen LogP) is -0.179. The van der Waals surface area contributed by atoms with Crippen molar-refractivity contribution in [1.82, 2.24) is 3.12 Å². The van der Waals surface area contributed by atoms with E-state index >= 15 is 0 Å². The molecule has 0 N–H and O–H groups in total. The van der Waals surface area contributed by atoms with Gasteiger partial charge in [-0.3, -0.25) is 0 Å². The van der Waals surface area contributed by atoms with Gasteiger partial charge in [0.2, 0.25) is 0 Å². The third-order valence-corrected chi connectivity index (χ3v) is 6.89. The number of rotatable bonds is 3. The zero-order valence-electron chi connectivity index (χ0n) is 8.77. The first kappa shape index (κ1) is 22.6.